The van der Waals surface area contributed by atoms with Crippen molar-refractivity contribution in [1.82, 2.24) is 4.90 Å². The number of nitrogens with zero attached hydrogens (tertiary/aromatic N) is 2. The van der Waals surface area contributed by atoms with E-state index in [-0.39, 0.29) is 24.0 Å². The second kappa shape index (κ2) is 13.0. The van der Waals surface area contributed by atoms with Crippen LogP contribution in [0.2, 0.25) is 0 Å². The van der Waals surface area contributed by atoms with E-state index in [0.29, 0.717) is 25.7 Å². The lowest BCUT2D eigenvalue weighted by Gasteiger charge is -2.18. The summed E-state index contributed by atoms with van der Waals surface area (Å²) in [6.45, 7) is 9.14. The van der Waals surface area contributed by atoms with Crippen molar-refractivity contribution in [3.8, 4) is 11.5 Å². The van der Waals surface area contributed by atoms with Gasteiger partial charge < -0.3 is 25.4 Å². The molecule has 0 bridgehead atoms. The minimum Gasteiger partial charge on any atom is -0.494 e. The molecule has 1 aliphatic heterocycles. The van der Waals surface area contributed by atoms with Gasteiger partial charge in [-0.1, -0.05) is 12.8 Å². The second-order valence-electron chi connectivity index (χ2n) is 6.17. The van der Waals surface area contributed by atoms with E-state index in [1.54, 1.807) is 0 Å². The molecule has 1 fully saturated rings. The summed E-state index contributed by atoms with van der Waals surface area (Å²) in [7, 11) is 0. The topological polar surface area (TPSA) is 72.1 Å². The Bertz CT molecular complexity index is 546. The van der Waals surface area contributed by atoms with Gasteiger partial charge in [-0.25, -0.2) is 0 Å². The van der Waals surface area contributed by atoms with Crippen LogP contribution in [0.15, 0.2) is 23.2 Å². The lowest BCUT2D eigenvalue weighted by molar-refractivity contribution is 0.293. The number of rotatable bonds is 8. The lowest BCUT2D eigenvalue weighted by Crippen LogP contribution is -2.29. The van der Waals surface area contributed by atoms with Crippen molar-refractivity contribution < 1.29 is 9.47 Å². The normalized spacial score (nSPS) is 15.7. The second-order valence-corrected chi connectivity index (χ2v) is 6.17. The van der Waals surface area contributed by atoms with Gasteiger partial charge in [0.1, 0.15) is 11.5 Å². The first-order chi connectivity index (χ1) is 12.2. The van der Waals surface area contributed by atoms with Gasteiger partial charge in [0.25, 0.3) is 0 Å². The minimum atomic E-state index is 0. The highest BCUT2D eigenvalue weighted by atomic mass is 127. The molecule has 1 aliphatic rings. The molecule has 1 heterocycles. The van der Waals surface area contributed by atoms with Crippen molar-refractivity contribution >= 4 is 35.6 Å². The maximum absolute atomic E-state index is 6.07. The van der Waals surface area contributed by atoms with Gasteiger partial charge in [-0.2, -0.15) is 0 Å². The molecule has 0 spiro atoms. The van der Waals surface area contributed by atoms with Crippen LogP contribution in [0.5, 0.6) is 11.5 Å². The van der Waals surface area contributed by atoms with Gasteiger partial charge in [-0.3, -0.25) is 4.99 Å². The fourth-order valence-electron chi connectivity index (χ4n) is 2.99. The van der Waals surface area contributed by atoms with Gasteiger partial charge in [-0.15, -0.1) is 24.0 Å². The summed E-state index contributed by atoms with van der Waals surface area (Å²) in [6, 6.07) is 5.68. The molecule has 0 radical (unpaired) electrons. The summed E-state index contributed by atoms with van der Waals surface area (Å²) in [5, 5.41) is 3.15. The Balaban J connectivity index is 0.00000338. The third-order valence-electron chi connectivity index (χ3n) is 4.22. The third-order valence-corrected chi connectivity index (χ3v) is 4.22. The van der Waals surface area contributed by atoms with Crippen LogP contribution in [0.3, 0.4) is 0 Å². The Labute approximate surface area is 174 Å². The van der Waals surface area contributed by atoms with E-state index in [1.165, 1.54) is 38.8 Å². The van der Waals surface area contributed by atoms with Crippen LogP contribution < -0.4 is 20.5 Å². The fraction of sp³-hybridized carbons (Fsp3) is 0.632. The number of hydrogen-bond acceptors (Lipinski definition) is 4. The molecule has 1 saturated heterocycles. The highest BCUT2D eigenvalue weighted by molar-refractivity contribution is 14.0. The largest absolute Gasteiger partial charge is 0.494 e. The number of likely N-dealkylation sites (tertiary alicyclic amines) is 1. The average molecular weight is 476 g/mol. The predicted octanol–water partition coefficient (Wildman–Crippen LogP) is 3.70. The zero-order chi connectivity index (χ0) is 17.9. The summed E-state index contributed by atoms with van der Waals surface area (Å²) < 4.78 is 11.2. The molecular formula is C19H33IN4O2. The van der Waals surface area contributed by atoms with Gasteiger partial charge >= 0.3 is 0 Å². The molecule has 3 N–H and O–H groups in total. The fourth-order valence-corrected chi connectivity index (χ4v) is 2.99. The van der Waals surface area contributed by atoms with Crippen LogP contribution in [-0.4, -0.2) is 50.3 Å². The number of anilines is 1. The molecule has 0 aromatic heterocycles. The molecule has 1 aromatic rings. The minimum absolute atomic E-state index is 0. The maximum Gasteiger partial charge on any atom is 0.193 e. The number of benzene rings is 1. The summed E-state index contributed by atoms with van der Waals surface area (Å²) in [5.74, 6) is 1.94. The zero-order valence-corrected chi connectivity index (χ0v) is 18.3. The van der Waals surface area contributed by atoms with Gasteiger partial charge in [0, 0.05) is 12.6 Å². The lowest BCUT2D eigenvalue weighted by atomic mass is 10.2. The van der Waals surface area contributed by atoms with E-state index in [9.17, 15) is 0 Å². The van der Waals surface area contributed by atoms with E-state index < -0.39 is 0 Å². The molecule has 26 heavy (non-hydrogen) atoms. The average Bonchev–Trinajstić information content (AvgIpc) is 2.86. The van der Waals surface area contributed by atoms with E-state index in [4.69, 9.17) is 15.2 Å². The van der Waals surface area contributed by atoms with Crippen molar-refractivity contribution in [2.45, 2.75) is 39.5 Å². The first-order valence-electron chi connectivity index (χ1n) is 9.42. The first kappa shape index (κ1) is 22.8. The van der Waals surface area contributed by atoms with Gasteiger partial charge in [0.05, 0.1) is 25.4 Å². The zero-order valence-electron chi connectivity index (χ0n) is 16.0. The standard InChI is InChI=1S/C19H32N4O2.HI/c1-3-24-16-9-10-18(25-4-2)17(15-16)22-19(20)21-11-14-23-12-7-5-6-8-13-23;/h9-10,15H,3-8,11-14H2,1-2H3,(H3,20,21,22);1H. The molecule has 148 valence electrons. The molecule has 0 amide bonds. The van der Waals surface area contributed by atoms with E-state index >= 15 is 0 Å². The van der Waals surface area contributed by atoms with E-state index in [1.807, 2.05) is 32.0 Å². The molecule has 0 atom stereocenters. The van der Waals surface area contributed by atoms with Crippen molar-refractivity contribution in [2.24, 2.45) is 10.7 Å². The van der Waals surface area contributed by atoms with Gasteiger partial charge in [0.2, 0.25) is 0 Å². The van der Waals surface area contributed by atoms with Crippen LogP contribution in [0.4, 0.5) is 5.69 Å². The summed E-state index contributed by atoms with van der Waals surface area (Å²) in [6.07, 6.45) is 5.28. The highest BCUT2D eigenvalue weighted by Gasteiger charge is 2.09. The van der Waals surface area contributed by atoms with Crippen molar-refractivity contribution in [3.05, 3.63) is 18.2 Å². The SMILES string of the molecule is CCOc1ccc(OCC)c(NC(N)=NCCN2CCCCCC2)c1.I. The number of halogens is 1. The third kappa shape index (κ3) is 7.99. The number of guanidine groups is 1. The molecule has 6 nitrogen and oxygen atoms in total. The Morgan fingerprint density at radius 1 is 1.12 bits per heavy atom. The van der Waals surface area contributed by atoms with Crippen LogP contribution in [0.25, 0.3) is 0 Å². The van der Waals surface area contributed by atoms with Gasteiger partial charge in [-0.05, 0) is 51.9 Å². The Kier molecular flexibility index (Phi) is 11.4. The Hall–Kier alpha value is -1.22. The maximum atomic E-state index is 6.07. The monoisotopic (exact) mass is 476 g/mol. The highest BCUT2D eigenvalue weighted by Crippen LogP contribution is 2.29. The molecule has 0 aliphatic carbocycles. The number of ether oxygens (including phenoxy) is 2. The summed E-state index contributed by atoms with van der Waals surface area (Å²) in [4.78, 5) is 6.94. The number of aliphatic imine (C=N–C) groups is 1. The number of nitrogens with one attached hydrogen (secondary N) is 1. The molecule has 0 unspecified atom stereocenters. The van der Waals surface area contributed by atoms with E-state index in [0.717, 1.165) is 23.7 Å². The van der Waals surface area contributed by atoms with Crippen LogP contribution in [0.1, 0.15) is 39.5 Å². The Morgan fingerprint density at radius 3 is 2.46 bits per heavy atom. The first-order valence-corrected chi connectivity index (χ1v) is 9.42. The smallest absolute Gasteiger partial charge is 0.193 e. The van der Waals surface area contributed by atoms with Crippen LogP contribution in [-0.2, 0) is 0 Å². The number of hydrogen-bond donors (Lipinski definition) is 2. The van der Waals surface area contributed by atoms with E-state index in [2.05, 4.69) is 15.2 Å². The predicted molar refractivity (Wildman–Crippen MR) is 119 cm³/mol. The quantitative estimate of drug-likeness (QED) is 0.340. The number of nitrogens with two attached hydrogens (primary N) is 1. The summed E-state index contributed by atoms with van der Waals surface area (Å²) in [5.41, 5.74) is 6.85. The molecule has 7 heteroatoms. The van der Waals surface area contributed by atoms with Crippen molar-refractivity contribution in [2.75, 3.05) is 44.7 Å². The van der Waals surface area contributed by atoms with Crippen molar-refractivity contribution in [1.29, 1.82) is 0 Å². The molecule has 1 aromatic carbocycles. The van der Waals surface area contributed by atoms with Crippen LogP contribution >= 0.6 is 24.0 Å². The van der Waals surface area contributed by atoms with Crippen molar-refractivity contribution in [3.63, 3.8) is 0 Å². The molecular weight excluding hydrogens is 443 g/mol. The Morgan fingerprint density at radius 2 is 1.81 bits per heavy atom. The molecule has 2 rings (SSSR count). The van der Waals surface area contributed by atoms with Gasteiger partial charge in [0.15, 0.2) is 5.96 Å². The van der Waals surface area contributed by atoms with Crippen LogP contribution in [0, 0.1) is 0 Å². The summed E-state index contributed by atoms with van der Waals surface area (Å²) >= 11 is 0. The molecule has 0 saturated carbocycles.